The maximum atomic E-state index is 12.6. The highest BCUT2D eigenvalue weighted by Crippen LogP contribution is 2.39. The zero-order valence-corrected chi connectivity index (χ0v) is 15.7. The number of hydrogen-bond donors (Lipinski definition) is 1. The summed E-state index contributed by atoms with van der Waals surface area (Å²) < 4.78 is 15.8. The lowest BCUT2D eigenvalue weighted by molar-refractivity contribution is -0.153. The molecule has 6 nitrogen and oxygen atoms in total. The quantitative estimate of drug-likeness (QED) is 0.679. The van der Waals surface area contributed by atoms with Crippen LogP contribution in [0.5, 0.6) is 11.5 Å². The van der Waals surface area contributed by atoms with Gasteiger partial charge in [-0.2, -0.15) is 0 Å². The number of rotatable bonds is 9. The van der Waals surface area contributed by atoms with Gasteiger partial charge in [-0.05, 0) is 30.2 Å². The minimum Gasteiger partial charge on any atom is -0.493 e. The number of carboxylic acid groups (broad SMARTS) is 1. The number of carbonyl (C=O) groups excluding carboxylic acids is 1. The Morgan fingerprint density at radius 2 is 1.63 bits per heavy atom. The highest BCUT2D eigenvalue weighted by atomic mass is 16.5. The number of esters is 1. The largest absolute Gasteiger partial charge is 0.493 e. The third kappa shape index (κ3) is 5.00. The van der Waals surface area contributed by atoms with Gasteiger partial charge in [0.2, 0.25) is 0 Å². The smallest absolute Gasteiger partial charge is 0.310 e. The summed E-state index contributed by atoms with van der Waals surface area (Å²) in [4.78, 5) is 24.1. The van der Waals surface area contributed by atoms with E-state index in [4.69, 9.17) is 14.2 Å². The molecule has 0 aliphatic heterocycles. The number of benzene rings is 2. The molecule has 0 aromatic heterocycles. The fraction of sp³-hybridized carbons (Fsp3) is 0.333. The SMILES string of the molecule is CCOC(=O)C(CC(=O)O)C(c1ccccc1)c1ccc(OC)c(OC)c1. The molecule has 0 aliphatic rings. The fourth-order valence-electron chi connectivity index (χ4n) is 3.14. The summed E-state index contributed by atoms with van der Waals surface area (Å²) in [5.74, 6) is -1.91. The third-order valence-corrected chi connectivity index (χ3v) is 4.31. The Labute approximate surface area is 158 Å². The van der Waals surface area contributed by atoms with E-state index in [1.807, 2.05) is 36.4 Å². The van der Waals surface area contributed by atoms with E-state index >= 15 is 0 Å². The van der Waals surface area contributed by atoms with Crippen LogP contribution < -0.4 is 9.47 Å². The van der Waals surface area contributed by atoms with Crippen LogP contribution in [0, 0.1) is 5.92 Å². The number of ether oxygens (including phenoxy) is 3. The van der Waals surface area contributed by atoms with Gasteiger partial charge in [-0.25, -0.2) is 0 Å². The molecule has 0 saturated carbocycles. The molecule has 0 saturated heterocycles. The van der Waals surface area contributed by atoms with Crippen LogP contribution in [-0.4, -0.2) is 37.9 Å². The Hall–Kier alpha value is -3.02. The lowest BCUT2D eigenvalue weighted by Crippen LogP contribution is -2.28. The number of carbonyl (C=O) groups is 2. The first kappa shape index (κ1) is 20.3. The van der Waals surface area contributed by atoms with Crippen molar-refractivity contribution in [3.05, 3.63) is 59.7 Å². The van der Waals surface area contributed by atoms with Gasteiger partial charge >= 0.3 is 11.9 Å². The normalized spacial score (nSPS) is 12.7. The molecule has 2 aromatic carbocycles. The van der Waals surface area contributed by atoms with Gasteiger partial charge in [0, 0.05) is 5.92 Å². The molecule has 0 aliphatic carbocycles. The Morgan fingerprint density at radius 3 is 2.19 bits per heavy atom. The van der Waals surface area contributed by atoms with Crippen molar-refractivity contribution in [2.45, 2.75) is 19.3 Å². The monoisotopic (exact) mass is 372 g/mol. The Balaban J connectivity index is 2.59. The van der Waals surface area contributed by atoms with Gasteiger partial charge in [-0.15, -0.1) is 0 Å². The minimum atomic E-state index is -1.06. The summed E-state index contributed by atoms with van der Waals surface area (Å²) in [6, 6.07) is 14.6. The summed E-state index contributed by atoms with van der Waals surface area (Å²) in [6.45, 7) is 1.88. The highest BCUT2D eigenvalue weighted by molar-refractivity contribution is 5.81. The lowest BCUT2D eigenvalue weighted by Gasteiger charge is -2.26. The lowest BCUT2D eigenvalue weighted by atomic mass is 9.79. The van der Waals surface area contributed by atoms with Crippen molar-refractivity contribution in [1.29, 1.82) is 0 Å². The second-order valence-corrected chi connectivity index (χ2v) is 5.96. The van der Waals surface area contributed by atoms with Gasteiger partial charge < -0.3 is 19.3 Å². The minimum absolute atomic E-state index is 0.183. The summed E-state index contributed by atoms with van der Waals surface area (Å²) in [7, 11) is 3.07. The molecule has 0 heterocycles. The van der Waals surface area contributed by atoms with E-state index < -0.39 is 23.8 Å². The number of methoxy groups -OCH3 is 2. The molecule has 6 heteroatoms. The maximum Gasteiger partial charge on any atom is 0.310 e. The van der Waals surface area contributed by atoms with E-state index in [0.717, 1.165) is 11.1 Å². The van der Waals surface area contributed by atoms with Gasteiger partial charge in [0.05, 0.1) is 33.2 Å². The molecule has 144 valence electrons. The van der Waals surface area contributed by atoms with E-state index in [1.54, 1.807) is 19.1 Å². The van der Waals surface area contributed by atoms with E-state index in [1.165, 1.54) is 14.2 Å². The van der Waals surface area contributed by atoms with Gasteiger partial charge in [0.25, 0.3) is 0 Å². The number of aliphatic carboxylic acids is 1. The van der Waals surface area contributed by atoms with Gasteiger partial charge in [-0.1, -0.05) is 36.4 Å². The summed E-state index contributed by atoms with van der Waals surface area (Å²) in [6.07, 6.45) is -0.341. The fourth-order valence-corrected chi connectivity index (χ4v) is 3.14. The third-order valence-electron chi connectivity index (χ3n) is 4.31. The van der Waals surface area contributed by atoms with Crippen LogP contribution in [0.4, 0.5) is 0 Å². The van der Waals surface area contributed by atoms with Crippen molar-refractivity contribution >= 4 is 11.9 Å². The molecule has 1 N–H and O–H groups in total. The van der Waals surface area contributed by atoms with E-state index in [0.29, 0.717) is 11.5 Å². The first-order chi connectivity index (χ1) is 13.0. The predicted octanol–water partition coefficient (Wildman–Crippen LogP) is 3.49. The summed E-state index contributed by atoms with van der Waals surface area (Å²) >= 11 is 0. The molecule has 0 spiro atoms. The van der Waals surface area contributed by atoms with Crippen molar-refractivity contribution in [2.75, 3.05) is 20.8 Å². The van der Waals surface area contributed by atoms with E-state index in [2.05, 4.69) is 0 Å². The molecule has 0 radical (unpaired) electrons. The van der Waals surface area contributed by atoms with Crippen LogP contribution in [-0.2, 0) is 14.3 Å². The van der Waals surface area contributed by atoms with Gasteiger partial charge in [0.15, 0.2) is 11.5 Å². The molecule has 2 aromatic rings. The number of hydrogen-bond acceptors (Lipinski definition) is 5. The first-order valence-corrected chi connectivity index (χ1v) is 8.67. The van der Waals surface area contributed by atoms with Crippen molar-refractivity contribution in [3.8, 4) is 11.5 Å². The second-order valence-electron chi connectivity index (χ2n) is 5.96. The van der Waals surface area contributed by atoms with E-state index in [-0.39, 0.29) is 13.0 Å². The van der Waals surface area contributed by atoms with Crippen LogP contribution in [0.2, 0.25) is 0 Å². The van der Waals surface area contributed by atoms with Crippen LogP contribution >= 0.6 is 0 Å². The van der Waals surface area contributed by atoms with Crippen LogP contribution in [0.15, 0.2) is 48.5 Å². The highest BCUT2D eigenvalue weighted by Gasteiger charge is 2.34. The molecule has 2 atom stereocenters. The van der Waals surface area contributed by atoms with Gasteiger partial charge in [0.1, 0.15) is 0 Å². The van der Waals surface area contributed by atoms with Crippen molar-refractivity contribution in [2.24, 2.45) is 5.92 Å². The van der Waals surface area contributed by atoms with Crippen molar-refractivity contribution < 1.29 is 28.9 Å². The Morgan fingerprint density at radius 1 is 0.963 bits per heavy atom. The van der Waals surface area contributed by atoms with Crippen LogP contribution in [0.3, 0.4) is 0 Å². The van der Waals surface area contributed by atoms with Gasteiger partial charge in [-0.3, -0.25) is 9.59 Å². The zero-order chi connectivity index (χ0) is 19.8. The predicted molar refractivity (Wildman–Crippen MR) is 100 cm³/mol. The molecular weight excluding hydrogens is 348 g/mol. The van der Waals surface area contributed by atoms with E-state index in [9.17, 15) is 14.7 Å². The van der Waals surface area contributed by atoms with Crippen LogP contribution in [0.1, 0.15) is 30.4 Å². The molecule has 0 bridgehead atoms. The standard InChI is InChI=1S/C21H24O6/c1-4-27-21(24)16(13-19(22)23)20(14-8-6-5-7-9-14)15-10-11-17(25-2)18(12-15)26-3/h5-12,16,20H,4,13H2,1-3H3,(H,22,23). The molecule has 0 amide bonds. The number of carboxylic acids is 1. The van der Waals surface area contributed by atoms with Crippen LogP contribution in [0.25, 0.3) is 0 Å². The molecule has 27 heavy (non-hydrogen) atoms. The Kier molecular flexibility index (Phi) is 7.23. The molecular formula is C21H24O6. The van der Waals surface area contributed by atoms with Crippen molar-refractivity contribution in [3.63, 3.8) is 0 Å². The first-order valence-electron chi connectivity index (χ1n) is 8.67. The topological polar surface area (TPSA) is 82.1 Å². The van der Waals surface area contributed by atoms with Crippen molar-refractivity contribution in [1.82, 2.24) is 0 Å². The summed E-state index contributed by atoms with van der Waals surface area (Å²) in [5, 5.41) is 9.37. The molecule has 2 unspecified atom stereocenters. The zero-order valence-electron chi connectivity index (χ0n) is 15.7. The average molecular weight is 372 g/mol. The average Bonchev–Trinajstić information content (AvgIpc) is 2.68. The second kappa shape index (κ2) is 9.62. The summed E-state index contributed by atoms with van der Waals surface area (Å²) in [5.41, 5.74) is 1.57. The molecule has 2 rings (SSSR count). The molecule has 0 fully saturated rings. The Bertz CT molecular complexity index is 771. The maximum absolute atomic E-state index is 12.6.